The van der Waals surface area contributed by atoms with E-state index < -0.39 is 0 Å². The first-order chi connectivity index (χ1) is 9.37. The van der Waals surface area contributed by atoms with Crippen LogP contribution in [0.25, 0.3) is 0 Å². The summed E-state index contributed by atoms with van der Waals surface area (Å²) in [4.78, 5) is 0. The summed E-state index contributed by atoms with van der Waals surface area (Å²) in [5, 5.41) is 0. The van der Waals surface area contributed by atoms with Crippen molar-refractivity contribution in [2.24, 2.45) is 39.9 Å². The molecule has 0 aromatic heterocycles. The van der Waals surface area contributed by atoms with Gasteiger partial charge in [-0.3, -0.25) is 0 Å². The molecule has 4 saturated carbocycles. The molecule has 0 unspecified atom stereocenters. The van der Waals surface area contributed by atoms with E-state index in [4.69, 9.17) is 0 Å². The van der Waals surface area contributed by atoms with Crippen LogP contribution in [0.4, 0.5) is 0 Å². The van der Waals surface area contributed by atoms with Crippen LogP contribution in [0.3, 0.4) is 0 Å². The molecule has 0 nitrogen and oxygen atoms in total. The van der Waals surface area contributed by atoms with Gasteiger partial charge in [0.25, 0.3) is 0 Å². The molecule has 0 aliphatic heterocycles. The van der Waals surface area contributed by atoms with E-state index in [1.54, 1.807) is 38.5 Å². The van der Waals surface area contributed by atoms with Crippen molar-refractivity contribution < 1.29 is 0 Å². The molecule has 0 heterocycles. The quantitative estimate of drug-likeness (QED) is 0.504. The molecule has 4 rings (SSSR count). The Morgan fingerprint density at radius 2 is 1.60 bits per heavy atom. The highest BCUT2D eigenvalue weighted by Crippen LogP contribution is 2.72. The maximum Gasteiger partial charge on any atom is -0.0258 e. The van der Waals surface area contributed by atoms with Crippen LogP contribution in [-0.2, 0) is 0 Å². The molecule has 4 fully saturated rings. The maximum absolute atomic E-state index is 2.72. The van der Waals surface area contributed by atoms with Gasteiger partial charge in [-0.15, -0.1) is 0 Å². The summed E-state index contributed by atoms with van der Waals surface area (Å²) in [6, 6.07) is 0. The van der Waals surface area contributed by atoms with Crippen LogP contribution in [-0.4, -0.2) is 0 Å². The first-order valence-corrected chi connectivity index (χ1v) is 9.37. The number of hydrogen-bond donors (Lipinski definition) is 0. The zero-order valence-corrected chi connectivity index (χ0v) is 14.2. The minimum atomic E-state index is 0.607. The Kier molecular flexibility index (Phi) is 2.76. The highest BCUT2D eigenvalue weighted by Gasteiger charge is 2.63. The van der Waals surface area contributed by atoms with Crippen molar-refractivity contribution in [2.45, 2.75) is 85.5 Å². The minimum Gasteiger partial charge on any atom is -0.0622 e. The van der Waals surface area contributed by atoms with Gasteiger partial charge in [0.05, 0.1) is 0 Å². The molecule has 20 heavy (non-hydrogen) atoms. The fraction of sp³-hybridized carbons (Fsp3) is 1.00. The number of rotatable bonds is 0. The van der Waals surface area contributed by atoms with Gasteiger partial charge in [0.1, 0.15) is 0 Å². The van der Waals surface area contributed by atoms with E-state index in [1.165, 1.54) is 19.3 Å². The highest BCUT2D eigenvalue weighted by atomic mass is 14.7. The Balaban J connectivity index is 1.72. The SMILES string of the molecule is C[C@H]1C[C@@]23CC[C@@H]4C(C)(C)CCC[C@]4(C)[C@H]2CC[C@@H]1C3. The van der Waals surface area contributed by atoms with Gasteiger partial charge in [0.2, 0.25) is 0 Å². The predicted molar refractivity (Wildman–Crippen MR) is 85.5 cm³/mol. The summed E-state index contributed by atoms with van der Waals surface area (Å²) >= 11 is 0. The molecule has 0 N–H and O–H groups in total. The summed E-state index contributed by atoms with van der Waals surface area (Å²) in [5.74, 6) is 4.18. The third-order valence-electron chi connectivity index (χ3n) is 8.77. The molecule has 6 atom stereocenters. The third kappa shape index (κ3) is 1.60. The smallest absolute Gasteiger partial charge is 0.0258 e. The second kappa shape index (κ2) is 4.05. The van der Waals surface area contributed by atoms with Crippen molar-refractivity contribution >= 4 is 0 Å². The molecule has 0 aromatic rings. The van der Waals surface area contributed by atoms with Crippen LogP contribution < -0.4 is 0 Å². The van der Waals surface area contributed by atoms with E-state index in [9.17, 15) is 0 Å². The van der Waals surface area contributed by atoms with Gasteiger partial charge < -0.3 is 0 Å². The average Bonchev–Trinajstić information content (AvgIpc) is 2.58. The van der Waals surface area contributed by atoms with E-state index in [0.29, 0.717) is 10.8 Å². The van der Waals surface area contributed by atoms with Crippen LogP contribution in [0.5, 0.6) is 0 Å². The summed E-state index contributed by atoms with van der Waals surface area (Å²) in [6.45, 7) is 10.4. The molecule has 0 amide bonds. The van der Waals surface area contributed by atoms with Gasteiger partial charge in [-0.1, -0.05) is 34.1 Å². The van der Waals surface area contributed by atoms with Crippen LogP contribution in [0, 0.1) is 39.9 Å². The van der Waals surface area contributed by atoms with Gasteiger partial charge in [0, 0.05) is 0 Å². The summed E-state index contributed by atoms with van der Waals surface area (Å²) in [7, 11) is 0. The van der Waals surface area contributed by atoms with E-state index in [0.717, 1.165) is 29.1 Å². The lowest BCUT2D eigenvalue weighted by Gasteiger charge is -2.64. The normalized spacial score (nSPS) is 57.0. The molecule has 0 saturated heterocycles. The zero-order chi connectivity index (χ0) is 14.2. The lowest BCUT2D eigenvalue weighted by Crippen LogP contribution is -2.55. The Bertz CT molecular complexity index is 404. The molecule has 2 bridgehead atoms. The van der Waals surface area contributed by atoms with Gasteiger partial charge >= 0.3 is 0 Å². The summed E-state index contributed by atoms with van der Waals surface area (Å²) in [5.41, 5.74) is 2.06. The van der Waals surface area contributed by atoms with Crippen LogP contribution in [0.1, 0.15) is 85.5 Å². The van der Waals surface area contributed by atoms with E-state index >= 15 is 0 Å². The molecule has 0 aromatic carbocycles. The van der Waals surface area contributed by atoms with Gasteiger partial charge in [0.15, 0.2) is 0 Å². The maximum atomic E-state index is 2.72. The third-order valence-corrected chi connectivity index (χ3v) is 8.77. The molecule has 0 heteroatoms. The first-order valence-electron chi connectivity index (χ1n) is 9.37. The van der Waals surface area contributed by atoms with E-state index in [2.05, 4.69) is 27.7 Å². The second-order valence-electron chi connectivity index (χ2n) is 10.1. The summed E-state index contributed by atoms with van der Waals surface area (Å²) in [6.07, 6.45) is 13.9. The molecule has 4 aliphatic rings. The van der Waals surface area contributed by atoms with Crippen molar-refractivity contribution in [1.29, 1.82) is 0 Å². The fourth-order valence-electron chi connectivity index (χ4n) is 8.12. The first kappa shape index (κ1) is 13.6. The Morgan fingerprint density at radius 1 is 0.800 bits per heavy atom. The molecular formula is C20H34. The number of fused-ring (bicyclic) bond motifs is 3. The summed E-state index contributed by atoms with van der Waals surface area (Å²) < 4.78 is 0. The molecule has 4 aliphatic carbocycles. The Hall–Kier alpha value is 0. The van der Waals surface area contributed by atoms with Crippen molar-refractivity contribution in [3.05, 3.63) is 0 Å². The molecule has 1 spiro atoms. The Morgan fingerprint density at radius 3 is 2.40 bits per heavy atom. The lowest BCUT2D eigenvalue weighted by molar-refractivity contribution is -0.144. The van der Waals surface area contributed by atoms with E-state index in [-0.39, 0.29) is 0 Å². The van der Waals surface area contributed by atoms with Gasteiger partial charge in [-0.2, -0.15) is 0 Å². The van der Waals surface area contributed by atoms with Crippen molar-refractivity contribution in [3.8, 4) is 0 Å². The van der Waals surface area contributed by atoms with Crippen molar-refractivity contribution in [3.63, 3.8) is 0 Å². The number of hydrogen-bond acceptors (Lipinski definition) is 0. The van der Waals surface area contributed by atoms with Crippen LogP contribution in [0.2, 0.25) is 0 Å². The highest BCUT2D eigenvalue weighted by molar-refractivity contribution is 5.12. The molecular weight excluding hydrogens is 240 g/mol. The fourth-order valence-corrected chi connectivity index (χ4v) is 8.12. The Labute approximate surface area is 126 Å². The van der Waals surface area contributed by atoms with Crippen molar-refractivity contribution in [2.75, 3.05) is 0 Å². The average molecular weight is 274 g/mol. The largest absolute Gasteiger partial charge is 0.0622 e. The molecule has 0 radical (unpaired) electrons. The second-order valence-corrected chi connectivity index (χ2v) is 10.1. The predicted octanol–water partition coefficient (Wildman–Crippen LogP) is 6.06. The minimum absolute atomic E-state index is 0.607. The van der Waals surface area contributed by atoms with Crippen LogP contribution >= 0.6 is 0 Å². The zero-order valence-electron chi connectivity index (χ0n) is 14.2. The van der Waals surface area contributed by atoms with Crippen molar-refractivity contribution in [1.82, 2.24) is 0 Å². The van der Waals surface area contributed by atoms with Gasteiger partial charge in [-0.25, -0.2) is 0 Å². The lowest BCUT2D eigenvalue weighted by atomic mass is 9.41. The van der Waals surface area contributed by atoms with E-state index in [1.807, 2.05) is 0 Å². The monoisotopic (exact) mass is 274 g/mol. The van der Waals surface area contributed by atoms with Gasteiger partial charge in [-0.05, 0) is 91.3 Å². The van der Waals surface area contributed by atoms with Crippen LogP contribution in [0.15, 0.2) is 0 Å². The standard InChI is InChI=1S/C20H34/c1-14-12-20-11-8-16-18(2,3)9-5-10-19(16,4)17(20)7-6-15(14)13-20/h14-17H,5-13H2,1-4H3/t14-,15+,16+,17+,19-,20+/m0/s1. The molecule has 114 valence electrons. The topological polar surface area (TPSA) is 0 Å².